The third-order valence-electron chi connectivity index (χ3n) is 5.31. The lowest BCUT2D eigenvalue weighted by molar-refractivity contribution is 0.355. The predicted octanol–water partition coefficient (Wildman–Crippen LogP) is 2.74. The van der Waals surface area contributed by atoms with Crippen LogP contribution in [0.1, 0.15) is 22.7 Å². The van der Waals surface area contributed by atoms with Crippen LogP contribution in [0.5, 0.6) is 11.5 Å². The fourth-order valence-electron chi connectivity index (χ4n) is 3.81. The van der Waals surface area contributed by atoms with Gasteiger partial charge in [-0.1, -0.05) is 30.3 Å². The molecule has 0 saturated heterocycles. The van der Waals surface area contributed by atoms with Gasteiger partial charge in [0.2, 0.25) is 5.96 Å². The second-order valence-corrected chi connectivity index (χ2v) is 7.06. The van der Waals surface area contributed by atoms with Gasteiger partial charge in [-0.15, -0.1) is 0 Å². The quantitative estimate of drug-likeness (QED) is 0.352. The lowest BCUT2D eigenvalue weighted by atomic mass is 9.89. The van der Waals surface area contributed by atoms with Gasteiger partial charge < -0.3 is 26.3 Å². The summed E-state index contributed by atoms with van der Waals surface area (Å²) in [5.74, 6) is 1.68. The second kappa shape index (κ2) is 8.65. The molecule has 0 amide bonds. The molecule has 10 heteroatoms. The first-order valence-corrected chi connectivity index (χ1v) is 9.82. The Kier molecular flexibility index (Phi) is 5.58. The van der Waals surface area contributed by atoms with Gasteiger partial charge in [-0.3, -0.25) is 5.32 Å². The zero-order chi connectivity index (χ0) is 23.5. The molecule has 0 bridgehead atoms. The van der Waals surface area contributed by atoms with Crippen molar-refractivity contribution in [2.24, 2.45) is 4.99 Å². The summed E-state index contributed by atoms with van der Waals surface area (Å²) in [7, 11) is 3.14. The van der Waals surface area contributed by atoms with E-state index in [2.05, 4.69) is 20.6 Å². The third kappa shape index (κ3) is 3.66. The number of hydrogen-bond acceptors (Lipinski definition) is 10. The lowest BCUT2D eigenvalue weighted by Crippen LogP contribution is -2.32. The number of hydrogen-bond donors (Lipinski definition) is 4. The molecule has 164 valence electrons. The van der Waals surface area contributed by atoms with E-state index in [0.717, 1.165) is 16.7 Å². The number of rotatable bonds is 4. The maximum atomic E-state index is 9.55. The molecule has 1 unspecified atom stereocenters. The molecule has 3 aromatic rings. The van der Waals surface area contributed by atoms with Crippen LogP contribution in [0.3, 0.4) is 0 Å². The Morgan fingerprint density at radius 2 is 1.82 bits per heavy atom. The number of aromatic nitrogens is 1. The Morgan fingerprint density at radius 3 is 2.52 bits per heavy atom. The summed E-state index contributed by atoms with van der Waals surface area (Å²) < 4.78 is 10.8. The number of methoxy groups -OCH3 is 2. The van der Waals surface area contributed by atoms with Crippen molar-refractivity contribution in [2.45, 2.75) is 6.04 Å². The van der Waals surface area contributed by atoms with Crippen molar-refractivity contribution in [3.8, 4) is 34.9 Å². The number of ether oxygens (including phenoxy) is 2. The van der Waals surface area contributed by atoms with Crippen LogP contribution in [-0.4, -0.2) is 25.2 Å². The topological polar surface area (TPSA) is 167 Å². The number of nitrogens with two attached hydrogens (primary N) is 2. The number of aliphatic imine (C=N–C) groups is 1. The van der Waals surface area contributed by atoms with Gasteiger partial charge >= 0.3 is 0 Å². The highest BCUT2D eigenvalue weighted by molar-refractivity contribution is 5.98. The molecule has 0 spiro atoms. The van der Waals surface area contributed by atoms with Crippen LogP contribution in [0.25, 0.3) is 11.1 Å². The van der Waals surface area contributed by atoms with Gasteiger partial charge in [0.05, 0.1) is 19.9 Å². The molecule has 2 heterocycles. The van der Waals surface area contributed by atoms with Crippen LogP contribution in [0, 0.1) is 22.8 Å². The van der Waals surface area contributed by atoms with Crippen LogP contribution >= 0.6 is 0 Å². The van der Waals surface area contributed by atoms with E-state index in [1.807, 2.05) is 54.7 Å². The highest BCUT2D eigenvalue weighted by Crippen LogP contribution is 2.44. The highest BCUT2D eigenvalue weighted by atomic mass is 16.5. The van der Waals surface area contributed by atoms with Crippen molar-refractivity contribution in [1.29, 1.82) is 10.5 Å². The van der Waals surface area contributed by atoms with Crippen LogP contribution in [0.2, 0.25) is 0 Å². The number of nitrogens with zero attached hydrogens (tertiary/aromatic N) is 4. The van der Waals surface area contributed by atoms with E-state index in [1.54, 1.807) is 14.2 Å². The Hall–Kier alpha value is -4.96. The summed E-state index contributed by atoms with van der Waals surface area (Å²) in [4.78, 5) is 8.96. The van der Waals surface area contributed by atoms with Gasteiger partial charge in [0.25, 0.3) is 0 Å². The molecule has 6 N–H and O–H groups in total. The standard InChI is InChI=1S/C23H20N8O2/c1-32-16-8-7-12(9-17(16)33-2)13-5-3-4-6-14(13)20-18-19(26)15(10-24)21(27)30-22(18)31-23(29-20)28-11-25/h3-9,20H,1-2H3,(H6,26,27,28,29,30,31). The summed E-state index contributed by atoms with van der Waals surface area (Å²) in [6.07, 6.45) is 1.85. The van der Waals surface area contributed by atoms with E-state index in [9.17, 15) is 5.26 Å². The molecule has 1 atom stereocenters. The number of fused-ring (bicyclic) bond motifs is 1. The normalized spacial score (nSPS) is 14.1. The molecule has 1 aliphatic rings. The third-order valence-corrected chi connectivity index (χ3v) is 5.31. The van der Waals surface area contributed by atoms with Crippen molar-refractivity contribution in [3.63, 3.8) is 0 Å². The number of benzene rings is 2. The van der Waals surface area contributed by atoms with E-state index in [0.29, 0.717) is 22.9 Å². The Morgan fingerprint density at radius 1 is 1.06 bits per heavy atom. The maximum Gasteiger partial charge on any atom is 0.211 e. The number of guanidine groups is 1. The van der Waals surface area contributed by atoms with Gasteiger partial charge in [0.1, 0.15) is 29.3 Å². The van der Waals surface area contributed by atoms with Gasteiger partial charge in [-0.05, 0) is 28.8 Å². The van der Waals surface area contributed by atoms with E-state index in [1.165, 1.54) is 0 Å². The summed E-state index contributed by atoms with van der Waals surface area (Å²) >= 11 is 0. The van der Waals surface area contributed by atoms with E-state index in [4.69, 9.17) is 26.2 Å². The van der Waals surface area contributed by atoms with E-state index < -0.39 is 6.04 Å². The molecular weight excluding hydrogens is 420 g/mol. The minimum Gasteiger partial charge on any atom is -0.493 e. The zero-order valence-corrected chi connectivity index (χ0v) is 17.9. The number of nitriles is 2. The molecule has 10 nitrogen and oxygen atoms in total. The van der Waals surface area contributed by atoms with E-state index in [-0.39, 0.29) is 23.0 Å². The monoisotopic (exact) mass is 440 g/mol. The summed E-state index contributed by atoms with van der Waals surface area (Å²) in [5, 5.41) is 24.1. The Balaban J connectivity index is 1.96. The molecule has 1 aliphatic heterocycles. The molecule has 0 fully saturated rings. The van der Waals surface area contributed by atoms with Crippen LogP contribution in [-0.2, 0) is 0 Å². The maximum absolute atomic E-state index is 9.55. The van der Waals surface area contributed by atoms with Crippen LogP contribution in [0.15, 0.2) is 47.5 Å². The average Bonchev–Trinajstić information content (AvgIpc) is 2.83. The van der Waals surface area contributed by atoms with Crippen molar-refractivity contribution < 1.29 is 9.47 Å². The zero-order valence-electron chi connectivity index (χ0n) is 17.9. The number of pyridine rings is 1. The summed E-state index contributed by atoms with van der Waals surface area (Å²) in [6.45, 7) is 0. The minimum atomic E-state index is -0.665. The van der Waals surface area contributed by atoms with Gasteiger partial charge in [-0.25, -0.2) is 9.98 Å². The Labute approximate surface area is 190 Å². The van der Waals surface area contributed by atoms with Crippen molar-refractivity contribution in [2.75, 3.05) is 31.0 Å². The molecule has 0 radical (unpaired) electrons. The molecule has 4 rings (SSSR count). The van der Waals surface area contributed by atoms with Gasteiger partial charge in [0, 0.05) is 5.56 Å². The number of nitrogens with one attached hydrogen (secondary N) is 2. The van der Waals surface area contributed by atoms with E-state index >= 15 is 0 Å². The minimum absolute atomic E-state index is 0.00798. The van der Waals surface area contributed by atoms with Gasteiger partial charge in [-0.2, -0.15) is 10.5 Å². The summed E-state index contributed by atoms with van der Waals surface area (Å²) in [6, 6.07) is 14.6. The lowest BCUT2D eigenvalue weighted by Gasteiger charge is -2.27. The molecule has 2 aromatic carbocycles. The Bertz CT molecular complexity index is 1350. The first kappa shape index (κ1) is 21.3. The molecule has 33 heavy (non-hydrogen) atoms. The summed E-state index contributed by atoms with van der Waals surface area (Å²) in [5.41, 5.74) is 15.5. The molecular formula is C23H20N8O2. The second-order valence-electron chi connectivity index (χ2n) is 7.06. The van der Waals surface area contributed by atoms with Crippen molar-refractivity contribution in [3.05, 3.63) is 59.2 Å². The SMILES string of the molecule is COc1ccc(-c2ccccc2C2N=C(NC#N)Nc3nc(N)c(C#N)c(N)c32)cc1OC. The van der Waals surface area contributed by atoms with Crippen molar-refractivity contribution in [1.82, 2.24) is 10.3 Å². The van der Waals surface area contributed by atoms with Crippen LogP contribution in [0.4, 0.5) is 17.3 Å². The smallest absolute Gasteiger partial charge is 0.211 e. The van der Waals surface area contributed by atoms with Crippen LogP contribution < -0.4 is 31.6 Å². The number of nitrogen functional groups attached to an aromatic ring is 2. The van der Waals surface area contributed by atoms with Crippen molar-refractivity contribution >= 4 is 23.3 Å². The van der Waals surface area contributed by atoms with Gasteiger partial charge in [0.15, 0.2) is 17.7 Å². The highest BCUT2D eigenvalue weighted by Gasteiger charge is 2.31. The average molecular weight is 440 g/mol. The molecule has 0 aliphatic carbocycles. The first-order chi connectivity index (χ1) is 16.0. The fourth-order valence-corrected chi connectivity index (χ4v) is 3.81. The fraction of sp³-hybridized carbons (Fsp3) is 0.130. The molecule has 0 saturated carbocycles. The largest absolute Gasteiger partial charge is 0.493 e. The molecule has 1 aromatic heterocycles. The predicted molar refractivity (Wildman–Crippen MR) is 124 cm³/mol. The first-order valence-electron chi connectivity index (χ1n) is 9.82. The number of anilines is 3.